The molecule has 82 valence electrons. The second-order valence-electron chi connectivity index (χ2n) is 4.15. The molecule has 0 amide bonds. The molecule has 0 spiro atoms. The average molecular weight is 206 g/mol. The van der Waals surface area contributed by atoms with E-state index in [-0.39, 0.29) is 11.7 Å². The Morgan fingerprint density at radius 2 is 1.93 bits per heavy atom. The fourth-order valence-electron chi connectivity index (χ4n) is 1.50. The Morgan fingerprint density at radius 1 is 1.40 bits per heavy atom. The number of hydrogen-bond acceptors (Lipinski definition) is 2. The van der Waals surface area contributed by atoms with Gasteiger partial charge in [0.05, 0.1) is 0 Å². The number of carbonyl (C=O) groups is 1. The molecule has 0 aliphatic rings. The molecule has 1 unspecified atom stereocenters. The van der Waals surface area contributed by atoms with E-state index >= 15 is 0 Å². The maximum Gasteiger partial charge on any atom is 0.194 e. The molecular formula is C13H18O2. The third-order valence-corrected chi connectivity index (χ3v) is 3.07. The van der Waals surface area contributed by atoms with E-state index in [1.807, 2.05) is 19.9 Å². The molecule has 1 aromatic carbocycles. The Hall–Kier alpha value is -1.15. The van der Waals surface area contributed by atoms with Crippen molar-refractivity contribution in [1.82, 2.24) is 0 Å². The van der Waals surface area contributed by atoms with Crippen molar-refractivity contribution in [2.75, 3.05) is 0 Å². The fourth-order valence-corrected chi connectivity index (χ4v) is 1.50. The first-order valence-corrected chi connectivity index (χ1v) is 5.32. The van der Waals surface area contributed by atoms with Crippen molar-refractivity contribution in [3.8, 4) is 0 Å². The van der Waals surface area contributed by atoms with Gasteiger partial charge in [-0.1, -0.05) is 50.6 Å². The van der Waals surface area contributed by atoms with Crippen LogP contribution in [0.3, 0.4) is 0 Å². The van der Waals surface area contributed by atoms with Crippen molar-refractivity contribution in [3.05, 3.63) is 35.9 Å². The van der Waals surface area contributed by atoms with E-state index in [1.165, 1.54) is 0 Å². The zero-order valence-electron chi connectivity index (χ0n) is 9.53. The van der Waals surface area contributed by atoms with Gasteiger partial charge >= 0.3 is 0 Å². The number of rotatable bonds is 4. The molecule has 0 heterocycles. The summed E-state index contributed by atoms with van der Waals surface area (Å²) < 4.78 is 0. The summed E-state index contributed by atoms with van der Waals surface area (Å²) in [6.45, 7) is 5.45. The molecule has 0 saturated carbocycles. The smallest absolute Gasteiger partial charge is 0.194 e. The molecule has 2 atom stereocenters. The van der Waals surface area contributed by atoms with Crippen LogP contribution < -0.4 is 0 Å². The summed E-state index contributed by atoms with van der Waals surface area (Å²) in [5.41, 5.74) is -0.696. The number of ketones is 1. The first-order valence-electron chi connectivity index (χ1n) is 5.32. The number of carbonyl (C=O) groups excluding carboxylic acids is 1. The lowest BCUT2D eigenvalue weighted by atomic mass is 9.82. The first-order chi connectivity index (χ1) is 7.00. The normalized spacial score (nSPS) is 16.8. The average Bonchev–Trinajstić information content (AvgIpc) is 2.28. The molecule has 0 aliphatic carbocycles. The van der Waals surface area contributed by atoms with Crippen LogP contribution in [0.15, 0.2) is 30.3 Å². The van der Waals surface area contributed by atoms with Crippen molar-refractivity contribution >= 4 is 5.78 Å². The molecule has 0 aliphatic heterocycles. The number of hydrogen-bond donors (Lipinski definition) is 1. The van der Waals surface area contributed by atoms with Crippen LogP contribution in [0, 0.1) is 5.92 Å². The molecule has 0 fully saturated rings. The van der Waals surface area contributed by atoms with E-state index in [9.17, 15) is 9.90 Å². The summed E-state index contributed by atoms with van der Waals surface area (Å²) in [5.74, 6) is -0.234. The van der Waals surface area contributed by atoms with Crippen LogP contribution in [0.4, 0.5) is 0 Å². The Kier molecular flexibility index (Phi) is 3.64. The molecule has 0 bridgehead atoms. The minimum Gasteiger partial charge on any atom is -0.382 e. The molecular weight excluding hydrogens is 188 g/mol. The van der Waals surface area contributed by atoms with E-state index in [2.05, 4.69) is 0 Å². The van der Waals surface area contributed by atoms with Gasteiger partial charge in [0.25, 0.3) is 0 Å². The van der Waals surface area contributed by atoms with Gasteiger partial charge in [0.1, 0.15) is 5.60 Å². The largest absolute Gasteiger partial charge is 0.382 e. The number of benzene rings is 1. The Labute approximate surface area is 90.9 Å². The maximum atomic E-state index is 12.0. The third-order valence-electron chi connectivity index (χ3n) is 3.07. The molecule has 0 saturated heterocycles. The lowest BCUT2D eigenvalue weighted by Crippen LogP contribution is -2.41. The predicted molar refractivity (Wildman–Crippen MR) is 60.9 cm³/mol. The molecule has 1 rings (SSSR count). The van der Waals surface area contributed by atoms with Gasteiger partial charge in [-0.25, -0.2) is 0 Å². The van der Waals surface area contributed by atoms with Crippen LogP contribution in [0.2, 0.25) is 0 Å². The molecule has 15 heavy (non-hydrogen) atoms. The SMILES string of the molecule is CC[C@H](C)C(C)(O)C(=O)c1ccccc1. The van der Waals surface area contributed by atoms with Gasteiger partial charge in [-0.15, -0.1) is 0 Å². The standard InChI is InChI=1S/C13H18O2/c1-4-10(2)13(3,15)12(14)11-8-6-5-7-9-11/h5-10,15H,4H2,1-3H3/t10-,13?/m0/s1. The molecule has 2 heteroatoms. The van der Waals surface area contributed by atoms with Crippen LogP contribution in [0.25, 0.3) is 0 Å². The van der Waals surface area contributed by atoms with Gasteiger partial charge < -0.3 is 5.11 Å². The van der Waals surface area contributed by atoms with Crippen LogP contribution >= 0.6 is 0 Å². The van der Waals surface area contributed by atoms with E-state index < -0.39 is 5.60 Å². The summed E-state index contributed by atoms with van der Waals surface area (Å²) in [6, 6.07) is 8.94. The molecule has 1 N–H and O–H groups in total. The van der Waals surface area contributed by atoms with Gasteiger partial charge in [-0.2, -0.15) is 0 Å². The van der Waals surface area contributed by atoms with Crippen LogP contribution in [-0.4, -0.2) is 16.5 Å². The quantitative estimate of drug-likeness (QED) is 0.769. The lowest BCUT2D eigenvalue weighted by Gasteiger charge is -2.28. The van der Waals surface area contributed by atoms with E-state index in [1.54, 1.807) is 31.2 Å². The second kappa shape index (κ2) is 4.58. The minimum atomic E-state index is -1.27. The first kappa shape index (κ1) is 11.9. The van der Waals surface area contributed by atoms with Crippen molar-refractivity contribution in [3.63, 3.8) is 0 Å². The minimum absolute atomic E-state index is 0.0368. The zero-order chi connectivity index (χ0) is 11.5. The summed E-state index contributed by atoms with van der Waals surface area (Å²) in [7, 11) is 0. The van der Waals surface area contributed by atoms with Crippen LogP contribution in [0.5, 0.6) is 0 Å². The van der Waals surface area contributed by atoms with Gasteiger partial charge in [-0.3, -0.25) is 4.79 Å². The zero-order valence-corrected chi connectivity index (χ0v) is 9.53. The highest BCUT2D eigenvalue weighted by Crippen LogP contribution is 2.24. The second-order valence-corrected chi connectivity index (χ2v) is 4.15. The lowest BCUT2D eigenvalue weighted by molar-refractivity contribution is 0.0121. The van der Waals surface area contributed by atoms with Crippen LogP contribution in [-0.2, 0) is 0 Å². The molecule has 0 aromatic heterocycles. The molecule has 2 nitrogen and oxygen atoms in total. The monoisotopic (exact) mass is 206 g/mol. The van der Waals surface area contributed by atoms with Gasteiger partial charge in [0.2, 0.25) is 0 Å². The summed E-state index contributed by atoms with van der Waals surface area (Å²) in [6.07, 6.45) is 0.783. The van der Waals surface area contributed by atoms with Gasteiger partial charge in [0.15, 0.2) is 5.78 Å². The van der Waals surface area contributed by atoms with E-state index in [0.717, 1.165) is 6.42 Å². The predicted octanol–water partition coefficient (Wildman–Crippen LogP) is 2.67. The van der Waals surface area contributed by atoms with Crippen LogP contribution in [0.1, 0.15) is 37.6 Å². The highest BCUT2D eigenvalue weighted by atomic mass is 16.3. The molecule has 1 aromatic rings. The fraction of sp³-hybridized carbons (Fsp3) is 0.462. The Balaban J connectivity index is 2.94. The summed E-state index contributed by atoms with van der Waals surface area (Å²) >= 11 is 0. The van der Waals surface area contributed by atoms with E-state index in [4.69, 9.17) is 0 Å². The third kappa shape index (κ3) is 2.45. The van der Waals surface area contributed by atoms with Crippen molar-refractivity contribution in [1.29, 1.82) is 0 Å². The number of Topliss-reactive ketones (excluding diaryl/α,β-unsaturated/α-hetero) is 1. The van der Waals surface area contributed by atoms with Crippen molar-refractivity contribution in [2.45, 2.75) is 32.8 Å². The van der Waals surface area contributed by atoms with E-state index in [0.29, 0.717) is 5.56 Å². The van der Waals surface area contributed by atoms with Crippen molar-refractivity contribution in [2.24, 2.45) is 5.92 Å². The summed E-state index contributed by atoms with van der Waals surface area (Å²) in [4.78, 5) is 12.0. The topological polar surface area (TPSA) is 37.3 Å². The molecule has 0 radical (unpaired) electrons. The number of aliphatic hydroxyl groups is 1. The van der Waals surface area contributed by atoms with Gasteiger partial charge in [0, 0.05) is 5.56 Å². The maximum absolute atomic E-state index is 12.0. The van der Waals surface area contributed by atoms with Gasteiger partial charge in [-0.05, 0) is 12.8 Å². The Morgan fingerprint density at radius 3 is 2.40 bits per heavy atom. The summed E-state index contributed by atoms with van der Waals surface area (Å²) in [5, 5.41) is 10.2. The Bertz CT molecular complexity index is 328. The highest BCUT2D eigenvalue weighted by molar-refractivity contribution is 6.02. The van der Waals surface area contributed by atoms with Crippen molar-refractivity contribution < 1.29 is 9.90 Å². The highest BCUT2D eigenvalue weighted by Gasteiger charge is 2.35.